The number of aryl methyl sites for hydroxylation is 2. The van der Waals surface area contributed by atoms with Gasteiger partial charge in [0.05, 0.1) is 5.56 Å². The fourth-order valence-electron chi connectivity index (χ4n) is 1.59. The lowest BCUT2D eigenvalue weighted by atomic mass is 9.95. The van der Waals surface area contributed by atoms with Crippen molar-refractivity contribution in [2.75, 3.05) is 0 Å². The first-order chi connectivity index (χ1) is 6.49. The first kappa shape index (κ1) is 10.8. The van der Waals surface area contributed by atoms with Crippen LogP contribution in [0.2, 0.25) is 0 Å². The lowest BCUT2D eigenvalue weighted by molar-refractivity contribution is 0.0985. The van der Waals surface area contributed by atoms with Crippen LogP contribution in [0, 0.1) is 20.8 Å². The number of phenolic OH excluding ortho intramolecular Hbond substituents is 1. The summed E-state index contributed by atoms with van der Waals surface area (Å²) in [6.07, 6.45) is 0.427. The van der Waals surface area contributed by atoms with Crippen molar-refractivity contribution in [1.29, 1.82) is 0 Å². The van der Waals surface area contributed by atoms with E-state index in [4.69, 9.17) is 0 Å². The monoisotopic (exact) mass is 192 g/mol. The molecule has 0 saturated carbocycles. The van der Waals surface area contributed by atoms with E-state index in [0.29, 0.717) is 12.0 Å². The Balaban J connectivity index is 3.44. The summed E-state index contributed by atoms with van der Waals surface area (Å²) in [4.78, 5) is 11.6. The second-order valence-electron chi connectivity index (χ2n) is 3.64. The second kappa shape index (κ2) is 3.82. The van der Waals surface area contributed by atoms with Crippen molar-refractivity contribution < 1.29 is 9.90 Å². The summed E-state index contributed by atoms with van der Waals surface area (Å²) in [5.74, 6) is 0.150. The molecule has 2 heteroatoms. The van der Waals surface area contributed by atoms with Crippen LogP contribution in [-0.2, 0) is 0 Å². The first-order valence-electron chi connectivity index (χ1n) is 4.82. The summed E-state index contributed by atoms with van der Waals surface area (Å²) < 4.78 is 0. The maximum absolute atomic E-state index is 11.6. The Morgan fingerprint density at radius 3 is 2.36 bits per heavy atom. The Hall–Kier alpha value is -1.31. The molecule has 14 heavy (non-hydrogen) atoms. The number of hydrogen-bond donors (Lipinski definition) is 1. The van der Waals surface area contributed by atoms with E-state index >= 15 is 0 Å². The highest BCUT2D eigenvalue weighted by Crippen LogP contribution is 2.29. The summed E-state index contributed by atoms with van der Waals surface area (Å²) in [5, 5.41) is 9.84. The van der Waals surface area contributed by atoms with Gasteiger partial charge in [0.15, 0.2) is 5.78 Å². The van der Waals surface area contributed by atoms with Crippen molar-refractivity contribution in [3.05, 3.63) is 28.3 Å². The Bertz CT molecular complexity index is 378. The maximum Gasteiger partial charge on any atom is 0.166 e. The van der Waals surface area contributed by atoms with Gasteiger partial charge in [0.25, 0.3) is 0 Å². The molecule has 2 nitrogen and oxygen atoms in total. The van der Waals surface area contributed by atoms with Crippen LogP contribution < -0.4 is 0 Å². The van der Waals surface area contributed by atoms with Crippen molar-refractivity contribution in [3.63, 3.8) is 0 Å². The minimum absolute atomic E-state index is 0.00287. The molecule has 1 aromatic carbocycles. The van der Waals surface area contributed by atoms with E-state index in [1.807, 2.05) is 26.8 Å². The normalized spacial score (nSPS) is 10.3. The molecule has 0 aliphatic carbocycles. The van der Waals surface area contributed by atoms with E-state index in [0.717, 1.165) is 16.7 Å². The SMILES string of the molecule is CCC(=O)c1c(C)cc(C)c(C)c1O. The fraction of sp³-hybridized carbons (Fsp3) is 0.417. The maximum atomic E-state index is 11.6. The van der Waals surface area contributed by atoms with Crippen LogP contribution in [0.4, 0.5) is 0 Å². The van der Waals surface area contributed by atoms with Crippen LogP contribution in [0.5, 0.6) is 5.75 Å². The summed E-state index contributed by atoms with van der Waals surface area (Å²) in [6.45, 7) is 7.42. The van der Waals surface area contributed by atoms with Gasteiger partial charge in [-0.25, -0.2) is 0 Å². The van der Waals surface area contributed by atoms with Crippen molar-refractivity contribution in [3.8, 4) is 5.75 Å². The molecule has 0 unspecified atom stereocenters. The Labute approximate surface area is 84.6 Å². The van der Waals surface area contributed by atoms with Gasteiger partial charge in [0.1, 0.15) is 5.75 Å². The zero-order chi connectivity index (χ0) is 10.9. The number of rotatable bonds is 2. The fourth-order valence-corrected chi connectivity index (χ4v) is 1.59. The van der Waals surface area contributed by atoms with Crippen molar-refractivity contribution in [2.24, 2.45) is 0 Å². The highest BCUT2D eigenvalue weighted by molar-refractivity contribution is 6.00. The number of carbonyl (C=O) groups is 1. The van der Waals surface area contributed by atoms with Crippen LogP contribution >= 0.6 is 0 Å². The van der Waals surface area contributed by atoms with E-state index < -0.39 is 0 Å². The number of aromatic hydroxyl groups is 1. The topological polar surface area (TPSA) is 37.3 Å². The summed E-state index contributed by atoms with van der Waals surface area (Å²) >= 11 is 0. The van der Waals surface area contributed by atoms with Crippen molar-refractivity contribution >= 4 is 5.78 Å². The zero-order valence-corrected chi connectivity index (χ0v) is 9.14. The third kappa shape index (κ3) is 1.65. The molecule has 0 radical (unpaired) electrons. The second-order valence-corrected chi connectivity index (χ2v) is 3.64. The van der Waals surface area contributed by atoms with Crippen LogP contribution in [-0.4, -0.2) is 10.9 Å². The molecular weight excluding hydrogens is 176 g/mol. The highest BCUT2D eigenvalue weighted by Gasteiger charge is 2.15. The van der Waals surface area contributed by atoms with Gasteiger partial charge >= 0.3 is 0 Å². The third-order valence-corrected chi connectivity index (χ3v) is 2.61. The average Bonchev–Trinajstić information content (AvgIpc) is 2.14. The van der Waals surface area contributed by atoms with E-state index in [-0.39, 0.29) is 11.5 Å². The molecule has 1 rings (SSSR count). The van der Waals surface area contributed by atoms with Gasteiger partial charge in [-0.15, -0.1) is 0 Å². The standard InChI is InChI=1S/C12H16O2/c1-5-10(13)11-8(3)6-7(2)9(4)12(11)14/h6,14H,5H2,1-4H3. The molecule has 0 aliphatic rings. The van der Waals surface area contributed by atoms with Gasteiger partial charge in [-0.3, -0.25) is 4.79 Å². The number of benzene rings is 1. The van der Waals surface area contributed by atoms with Crippen molar-refractivity contribution in [2.45, 2.75) is 34.1 Å². The van der Waals surface area contributed by atoms with Gasteiger partial charge in [0.2, 0.25) is 0 Å². The number of ketones is 1. The smallest absolute Gasteiger partial charge is 0.166 e. The number of Topliss-reactive ketones (excluding diaryl/α,β-unsaturated/α-hetero) is 1. The predicted molar refractivity (Wildman–Crippen MR) is 56.9 cm³/mol. The Kier molecular flexibility index (Phi) is 2.94. The zero-order valence-electron chi connectivity index (χ0n) is 9.14. The van der Waals surface area contributed by atoms with Gasteiger partial charge in [0, 0.05) is 6.42 Å². The van der Waals surface area contributed by atoms with E-state index in [1.165, 1.54) is 0 Å². The lowest BCUT2D eigenvalue weighted by Crippen LogP contribution is -2.02. The number of phenols is 1. The van der Waals surface area contributed by atoms with Crippen LogP contribution in [0.15, 0.2) is 6.07 Å². The third-order valence-electron chi connectivity index (χ3n) is 2.61. The van der Waals surface area contributed by atoms with Gasteiger partial charge in [-0.1, -0.05) is 13.0 Å². The summed E-state index contributed by atoms with van der Waals surface area (Å²) in [7, 11) is 0. The molecule has 0 heterocycles. The van der Waals surface area contributed by atoms with E-state index in [9.17, 15) is 9.90 Å². The molecule has 1 aromatic rings. The van der Waals surface area contributed by atoms with Crippen molar-refractivity contribution in [1.82, 2.24) is 0 Å². The summed E-state index contributed by atoms with van der Waals surface area (Å²) in [5.41, 5.74) is 3.16. The molecular formula is C12H16O2. The van der Waals surface area contributed by atoms with Crippen LogP contribution in [0.3, 0.4) is 0 Å². The molecule has 0 spiro atoms. The molecule has 0 atom stereocenters. The largest absolute Gasteiger partial charge is 0.507 e. The molecule has 76 valence electrons. The molecule has 0 aliphatic heterocycles. The summed E-state index contributed by atoms with van der Waals surface area (Å²) in [6, 6.07) is 1.94. The number of carbonyl (C=O) groups excluding carboxylic acids is 1. The van der Waals surface area contributed by atoms with E-state index in [2.05, 4.69) is 0 Å². The average molecular weight is 192 g/mol. The lowest BCUT2D eigenvalue weighted by Gasteiger charge is -2.11. The van der Waals surface area contributed by atoms with Gasteiger partial charge in [-0.05, 0) is 37.5 Å². The number of hydrogen-bond acceptors (Lipinski definition) is 2. The quantitative estimate of drug-likeness (QED) is 0.731. The highest BCUT2D eigenvalue weighted by atomic mass is 16.3. The van der Waals surface area contributed by atoms with Gasteiger partial charge in [-0.2, -0.15) is 0 Å². The minimum Gasteiger partial charge on any atom is -0.507 e. The molecule has 0 bridgehead atoms. The molecule has 0 amide bonds. The first-order valence-corrected chi connectivity index (χ1v) is 4.82. The van der Waals surface area contributed by atoms with Gasteiger partial charge < -0.3 is 5.11 Å². The Morgan fingerprint density at radius 1 is 1.29 bits per heavy atom. The molecule has 0 aromatic heterocycles. The molecule has 0 saturated heterocycles. The van der Waals surface area contributed by atoms with E-state index in [1.54, 1.807) is 6.92 Å². The molecule has 1 N–H and O–H groups in total. The Morgan fingerprint density at radius 2 is 1.86 bits per heavy atom. The molecule has 0 fully saturated rings. The minimum atomic E-state index is 0.00287. The van der Waals surface area contributed by atoms with Crippen LogP contribution in [0.25, 0.3) is 0 Å². The predicted octanol–water partition coefficient (Wildman–Crippen LogP) is 2.91. The van der Waals surface area contributed by atoms with Crippen LogP contribution in [0.1, 0.15) is 40.4 Å².